The van der Waals surface area contributed by atoms with Gasteiger partial charge in [0.05, 0.1) is 0 Å². The Labute approximate surface area is 188 Å². The Balaban J connectivity index is 1.60. The van der Waals surface area contributed by atoms with E-state index in [1.54, 1.807) is 19.1 Å². The number of hydrogen-bond acceptors (Lipinski definition) is 5. The van der Waals surface area contributed by atoms with E-state index in [0.717, 1.165) is 25.9 Å². The number of aryl methyl sites for hydroxylation is 1. The van der Waals surface area contributed by atoms with Crippen molar-refractivity contribution >= 4 is 19.2 Å². The van der Waals surface area contributed by atoms with Crippen LogP contribution in [0, 0.1) is 24.7 Å². The van der Waals surface area contributed by atoms with Crippen molar-refractivity contribution in [2.75, 3.05) is 13.3 Å². The Bertz CT molecular complexity index is 965. The molecule has 5 fully saturated rings. The van der Waals surface area contributed by atoms with Gasteiger partial charge in [-0.05, 0) is 68.4 Å². The summed E-state index contributed by atoms with van der Waals surface area (Å²) in [7, 11) is -3.90. The van der Waals surface area contributed by atoms with Crippen LogP contribution in [0.2, 0.25) is 0 Å². The number of benzene rings is 1. The molecule has 0 aromatic heterocycles. The van der Waals surface area contributed by atoms with Crippen molar-refractivity contribution in [2.24, 2.45) is 17.8 Å². The monoisotopic (exact) mass is 496 g/mol. The predicted molar refractivity (Wildman–Crippen MR) is 108 cm³/mol. The van der Waals surface area contributed by atoms with Crippen LogP contribution >= 0.6 is 19.2 Å². The van der Waals surface area contributed by atoms with Crippen molar-refractivity contribution in [2.45, 2.75) is 61.5 Å². The zero-order valence-electron chi connectivity index (χ0n) is 17.7. The van der Waals surface area contributed by atoms with Gasteiger partial charge in [0.1, 0.15) is 12.4 Å². The molecule has 4 saturated carbocycles. The number of hydrogen-bond donors (Lipinski definition) is 1. The van der Waals surface area contributed by atoms with Crippen LogP contribution in [0.4, 0.5) is 13.2 Å². The molecule has 4 aliphatic carbocycles. The molecule has 1 heterocycles. The first-order chi connectivity index (χ1) is 14.8. The molecule has 1 aromatic carbocycles. The van der Waals surface area contributed by atoms with Gasteiger partial charge in [-0.3, -0.25) is 0 Å². The Kier molecular flexibility index (Phi) is 5.08. The Morgan fingerprint density at radius 1 is 1.22 bits per heavy atom. The van der Waals surface area contributed by atoms with Gasteiger partial charge in [-0.25, -0.2) is 9.45 Å². The number of rotatable bonds is 5. The summed E-state index contributed by atoms with van der Waals surface area (Å²) in [6, 6.07) is 4.62. The normalized spacial score (nSPS) is 42.0. The smallest absolute Gasteiger partial charge is 0.411 e. The molecule has 1 aliphatic heterocycles. The van der Waals surface area contributed by atoms with E-state index >= 15 is 0 Å². The summed E-state index contributed by atoms with van der Waals surface area (Å²) in [4.78, 5) is 20.6. The van der Waals surface area contributed by atoms with Gasteiger partial charge in [-0.2, -0.15) is 18.1 Å². The zero-order valence-corrected chi connectivity index (χ0v) is 19.3. The second kappa shape index (κ2) is 7.09. The maximum atomic E-state index is 13.3. The molecule has 1 saturated heterocycles. The number of ether oxygens (including phenoxy) is 1. The lowest BCUT2D eigenvalue weighted by atomic mass is 9.46. The fourth-order valence-corrected chi connectivity index (χ4v) is 7.67. The first-order valence-corrected chi connectivity index (χ1v) is 13.0. The fraction of sp³-hybridized carbons (Fsp3) is 0.714. The summed E-state index contributed by atoms with van der Waals surface area (Å²) < 4.78 is 62.4. The van der Waals surface area contributed by atoms with E-state index in [9.17, 15) is 22.6 Å². The van der Waals surface area contributed by atoms with E-state index in [2.05, 4.69) is 0 Å². The lowest BCUT2D eigenvalue weighted by Gasteiger charge is -2.70. The van der Waals surface area contributed by atoms with E-state index in [0.29, 0.717) is 24.3 Å². The molecule has 5 aliphatic rings. The molecule has 1 aromatic rings. The lowest BCUT2D eigenvalue weighted by Crippen LogP contribution is -2.78. The molecule has 1 spiro atoms. The summed E-state index contributed by atoms with van der Waals surface area (Å²) >= 11 is 6.85. The summed E-state index contributed by atoms with van der Waals surface area (Å²) in [6.45, 7) is 1.19. The van der Waals surface area contributed by atoms with E-state index in [4.69, 9.17) is 30.6 Å². The quantitative estimate of drug-likeness (QED) is 0.332. The largest absolute Gasteiger partial charge is 0.424 e. The van der Waals surface area contributed by atoms with Crippen LogP contribution in [0.3, 0.4) is 0 Å². The number of halogens is 4. The van der Waals surface area contributed by atoms with Crippen molar-refractivity contribution in [3.8, 4) is 5.75 Å². The minimum Gasteiger partial charge on any atom is -0.424 e. The molecule has 4 bridgehead atoms. The summed E-state index contributed by atoms with van der Waals surface area (Å²) in [5.41, 5.74) is -0.303. The molecule has 4 atom stereocenters. The third-order valence-corrected chi connectivity index (χ3v) is 8.41. The van der Waals surface area contributed by atoms with Crippen LogP contribution in [0.1, 0.15) is 43.2 Å². The Morgan fingerprint density at radius 3 is 2.38 bits per heavy atom. The van der Waals surface area contributed by atoms with Gasteiger partial charge < -0.3 is 14.2 Å². The van der Waals surface area contributed by atoms with Crippen molar-refractivity contribution in [3.05, 3.63) is 29.3 Å². The van der Waals surface area contributed by atoms with E-state index in [1.807, 2.05) is 0 Å². The van der Waals surface area contributed by atoms with Crippen molar-refractivity contribution in [1.29, 1.82) is 0 Å². The van der Waals surface area contributed by atoms with Crippen LogP contribution in [0.25, 0.3) is 0 Å². The fourth-order valence-electron chi connectivity index (χ4n) is 6.52. The van der Waals surface area contributed by atoms with Gasteiger partial charge in [0.15, 0.2) is 5.60 Å². The first kappa shape index (κ1) is 22.9. The molecule has 178 valence electrons. The highest BCUT2D eigenvalue weighted by molar-refractivity contribution is 7.52. The molecule has 11 heteroatoms. The average Bonchev–Trinajstić information content (AvgIpc) is 2.60. The standard InChI is InChI=1S/C21H25ClF3O6P/c1-12-3-4-14(7-17(12)29-32(2,26)27)21(28-11-19(23,24)25)20(30-31-21)15-5-13-6-16(20)10-18(22,8-13)9-15/h3-4,7,13,15-16H,5-6,8-11H2,1-2H3,(H,26,27). The van der Waals surface area contributed by atoms with Gasteiger partial charge in [0, 0.05) is 17.1 Å². The van der Waals surface area contributed by atoms with E-state index in [-0.39, 0.29) is 28.0 Å². The third kappa shape index (κ3) is 3.51. The highest BCUT2D eigenvalue weighted by Crippen LogP contribution is 2.71. The number of alkyl halides is 4. The molecule has 1 N–H and O–H groups in total. The molecule has 0 amide bonds. The minimum atomic E-state index is -4.58. The van der Waals surface area contributed by atoms with E-state index in [1.165, 1.54) is 6.07 Å². The highest BCUT2D eigenvalue weighted by Gasteiger charge is 2.78. The van der Waals surface area contributed by atoms with Gasteiger partial charge in [0.25, 0.3) is 5.79 Å². The topological polar surface area (TPSA) is 74.2 Å². The summed E-state index contributed by atoms with van der Waals surface area (Å²) in [5, 5.41) is 0. The van der Waals surface area contributed by atoms with Crippen LogP contribution in [0.15, 0.2) is 18.2 Å². The average molecular weight is 497 g/mol. The molecule has 4 unspecified atom stereocenters. The molecule has 32 heavy (non-hydrogen) atoms. The maximum Gasteiger partial charge on any atom is 0.411 e. The third-order valence-electron chi connectivity index (χ3n) is 7.41. The second-order valence-electron chi connectivity index (χ2n) is 9.85. The highest BCUT2D eigenvalue weighted by atomic mass is 35.5. The van der Waals surface area contributed by atoms with Crippen LogP contribution in [-0.4, -0.2) is 34.8 Å². The second-order valence-corrected chi connectivity index (χ2v) is 12.4. The molecule has 6 nitrogen and oxygen atoms in total. The molecule has 6 rings (SSSR count). The summed E-state index contributed by atoms with van der Waals surface area (Å²) in [5.74, 6) is -1.60. The molecular formula is C21H25ClF3O6P. The van der Waals surface area contributed by atoms with Gasteiger partial charge in [-0.15, -0.1) is 11.6 Å². The van der Waals surface area contributed by atoms with Crippen LogP contribution < -0.4 is 4.52 Å². The lowest BCUT2D eigenvalue weighted by molar-refractivity contribution is -0.650. The molecular weight excluding hydrogens is 472 g/mol. The molecule has 0 radical (unpaired) electrons. The maximum absolute atomic E-state index is 13.3. The minimum absolute atomic E-state index is 0.0779. The van der Waals surface area contributed by atoms with E-state index < -0.39 is 31.8 Å². The van der Waals surface area contributed by atoms with Gasteiger partial charge in [-0.1, -0.05) is 12.1 Å². The summed E-state index contributed by atoms with van der Waals surface area (Å²) in [6.07, 6.45) is -0.903. The van der Waals surface area contributed by atoms with Gasteiger partial charge in [0.2, 0.25) is 0 Å². The van der Waals surface area contributed by atoms with Crippen molar-refractivity contribution in [3.63, 3.8) is 0 Å². The predicted octanol–water partition coefficient (Wildman–Crippen LogP) is 5.44. The van der Waals surface area contributed by atoms with Gasteiger partial charge >= 0.3 is 13.8 Å². The first-order valence-electron chi connectivity index (χ1n) is 10.6. The Hall–Kier alpha value is -0.830. The van der Waals surface area contributed by atoms with Crippen LogP contribution in [0.5, 0.6) is 5.75 Å². The van der Waals surface area contributed by atoms with Crippen LogP contribution in [-0.2, 0) is 24.9 Å². The SMILES string of the molecule is Cc1ccc(C2(OCC(F)(F)F)OOC23C2CC4CC3CC(Cl)(C4)C2)cc1OP(C)(=O)O. The zero-order chi connectivity index (χ0) is 23.2. The van der Waals surface area contributed by atoms with Crippen molar-refractivity contribution in [1.82, 2.24) is 0 Å². The Morgan fingerprint density at radius 2 is 1.88 bits per heavy atom. The van der Waals surface area contributed by atoms with Crippen molar-refractivity contribution < 1.29 is 41.7 Å².